The third-order valence-corrected chi connectivity index (χ3v) is 2.71. The number of nitrogens with zero attached hydrogens (tertiary/aromatic N) is 1. The molecule has 1 aromatic rings. The van der Waals surface area contributed by atoms with Crippen LogP contribution in [-0.4, -0.2) is 31.4 Å². The first kappa shape index (κ1) is 15.0. The van der Waals surface area contributed by atoms with Gasteiger partial charge in [-0.1, -0.05) is 15.9 Å². The van der Waals surface area contributed by atoms with Gasteiger partial charge in [0.25, 0.3) is 0 Å². The third kappa shape index (κ3) is 4.30. The molecule has 1 N–H and O–H groups in total. The number of rotatable bonds is 3. The molecule has 0 spiro atoms. The lowest BCUT2D eigenvalue weighted by Gasteiger charge is -2.13. The average molecular weight is 325 g/mol. The van der Waals surface area contributed by atoms with Crippen molar-refractivity contribution in [2.75, 3.05) is 26.0 Å². The second kappa shape index (κ2) is 5.71. The summed E-state index contributed by atoms with van der Waals surface area (Å²) in [6.45, 7) is 0.109. The number of likely N-dealkylation sites (N-methyl/N-ethyl adjacent to an activating group) is 1. The molecule has 0 saturated heterocycles. The zero-order valence-electron chi connectivity index (χ0n) is 9.81. The smallest absolute Gasteiger partial charge is 0.325 e. The second-order valence-corrected chi connectivity index (χ2v) is 4.83. The van der Waals surface area contributed by atoms with Crippen LogP contribution in [0.15, 0.2) is 22.7 Å². The summed E-state index contributed by atoms with van der Waals surface area (Å²) >= 11 is 2.83. The topological polar surface area (TPSA) is 32.3 Å². The van der Waals surface area contributed by atoms with Crippen molar-refractivity contribution >= 4 is 27.5 Å². The van der Waals surface area contributed by atoms with E-state index < -0.39 is 11.7 Å². The van der Waals surface area contributed by atoms with E-state index in [1.54, 1.807) is 19.0 Å². The fraction of sp³-hybridized carbons (Fsp3) is 0.364. The summed E-state index contributed by atoms with van der Waals surface area (Å²) in [5, 5.41) is 2.41. The lowest BCUT2D eigenvalue weighted by Crippen LogP contribution is -2.27. The van der Waals surface area contributed by atoms with Crippen molar-refractivity contribution in [3.05, 3.63) is 28.2 Å². The Balaban J connectivity index is 2.89. The molecule has 1 rings (SSSR count). The van der Waals surface area contributed by atoms with Crippen LogP contribution in [0.5, 0.6) is 0 Å². The Kier molecular flexibility index (Phi) is 4.75. The van der Waals surface area contributed by atoms with Gasteiger partial charge in [-0.15, -0.1) is 0 Å². The Morgan fingerprint density at radius 2 is 2.00 bits per heavy atom. The maximum atomic E-state index is 12.6. The summed E-state index contributed by atoms with van der Waals surface area (Å²) in [7, 11) is 3.39. The number of carbonyl (C=O) groups excluding carboxylic acids is 1. The predicted octanol–water partition coefficient (Wildman–Crippen LogP) is 2.97. The number of nitrogens with one attached hydrogen (secondary N) is 1. The van der Waals surface area contributed by atoms with E-state index in [1.165, 1.54) is 12.1 Å². The van der Waals surface area contributed by atoms with Crippen LogP contribution in [0.1, 0.15) is 5.56 Å². The molecule has 0 heterocycles. The first-order valence-corrected chi connectivity index (χ1v) is 5.81. The molecule has 0 fully saturated rings. The van der Waals surface area contributed by atoms with Gasteiger partial charge < -0.3 is 10.2 Å². The van der Waals surface area contributed by atoms with E-state index in [2.05, 4.69) is 21.2 Å². The molecule has 0 aliphatic rings. The minimum absolute atomic E-state index is 0.0550. The van der Waals surface area contributed by atoms with Gasteiger partial charge in [-0.3, -0.25) is 4.79 Å². The highest BCUT2D eigenvalue weighted by Crippen LogP contribution is 2.36. The molecule has 0 atom stereocenters. The maximum absolute atomic E-state index is 12.6. The van der Waals surface area contributed by atoms with Gasteiger partial charge in [0, 0.05) is 10.2 Å². The van der Waals surface area contributed by atoms with Gasteiger partial charge in [-0.25, -0.2) is 0 Å². The van der Waals surface area contributed by atoms with Crippen molar-refractivity contribution in [1.29, 1.82) is 0 Å². The second-order valence-electron chi connectivity index (χ2n) is 3.98. The number of alkyl halides is 3. The Labute approximate surface area is 111 Å². The summed E-state index contributed by atoms with van der Waals surface area (Å²) in [6, 6.07) is 3.57. The molecule has 0 saturated carbocycles. The number of benzene rings is 1. The highest BCUT2D eigenvalue weighted by Gasteiger charge is 2.33. The summed E-state index contributed by atoms with van der Waals surface area (Å²) in [5.41, 5.74) is -0.692. The molecular weight excluding hydrogens is 313 g/mol. The molecule has 0 aliphatic carbocycles. The zero-order valence-corrected chi connectivity index (χ0v) is 11.4. The van der Waals surface area contributed by atoms with Gasteiger partial charge in [0.2, 0.25) is 5.91 Å². The van der Waals surface area contributed by atoms with Gasteiger partial charge in [0.05, 0.1) is 12.1 Å². The molecule has 0 unspecified atom stereocenters. The molecule has 0 aliphatic heterocycles. The number of anilines is 1. The van der Waals surface area contributed by atoms with Crippen molar-refractivity contribution in [1.82, 2.24) is 4.90 Å². The van der Waals surface area contributed by atoms with Crippen molar-refractivity contribution in [3.63, 3.8) is 0 Å². The molecule has 1 amide bonds. The van der Waals surface area contributed by atoms with E-state index in [0.717, 1.165) is 6.07 Å². The first-order valence-electron chi connectivity index (χ1n) is 5.01. The molecular formula is C11H12BrF3N2O. The molecule has 0 bridgehead atoms. The summed E-state index contributed by atoms with van der Waals surface area (Å²) in [4.78, 5) is 13.0. The van der Waals surface area contributed by atoms with Crippen LogP contribution in [-0.2, 0) is 11.0 Å². The van der Waals surface area contributed by atoms with Crippen LogP contribution in [0, 0.1) is 0 Å². The SMILES string of the molecule is CN(C)CC(=O)Nc1ccc(Br)c(C(F)(F)F)c1. The van der Waals surface area contributed by atoms with Gasteiger partial charge in [-0.2, -0.15) is 13.2 Å². The normalized spacial score (nSPS) is 11.7. The van der Waals surface area contributed by atoms with Crippen LogP contribution < -0.4 is 5.32 Å². The van der Waals surface area contributed by atoms with Crippen molar-refractivity contribution < 1.29 is 18.0 Å². The lowest BCUT2D eigenvalue weighted by molar-refractivity contribution is -0.138. The summed E-state index contributed by atoms with van der Waals surface area (Å²) in [6.07, 6.45) is -4.46. The molecule has 7 heteroatoms. The minimum Gasteiger partial charge on any atom is -0.325 e. The number of hydrogen-bond donors (Lipinski definition) is 1. The molecule has 0 radical (unpaired) electrons. The highest BCUT2D eigenvalue weighted by atomic mass is 79.9. The number of hydrogen-bond acceptors (Lipinski definition) is 2. The van der Waals surface area contributed by atoms with Crippen LogP contribution in [0.3, 0.4) is 0 Å². The largest absolute Gasteiger partial charge is 0.417 e. The van der Waals surface area contributed by atoms with Gasteiger partial charge >= 0.3 is 6.18 Å². The maximum Gasteiger partial charge on any atom is 0.417 e. The van der Waals surface area contributed by atoms with Crippen molar-refractivity contribution in [3.8, 4) is 0 Å². The van der Waals surface area contributed by atoms with Gasteiger partial charge in [0.15, 0.2) is 0 Å². The van der Waals surface area contributed by atoms with E-state index >= 15 is 0 Å². The number of halogens is 4. The van der Waals surface area contributed by atoms with Gasteiger partial charge in [-0.05, 0) is 32.3 Å². The third-order valence-electron chi connectivity index (χ3n) is 2.02. The standard InChI is InChI=1S/C11H12BrF3N2O/c1-17(2)6-10(18)16-7-3-4-9(12)8(5-7)11(13,14)15/h3-5H,6H2,1-2H3,(H,16,18). The fourth-order valence-corrected chi connectivity index (χ4v) is 1.78. The van der Waals surface area contributed by atoms with E-state index in [0.29, 0.717) is 0 Å². The van der Waals surface area contributed by atoms with Gasteiger partial charge in [0.1, 0.15) is 0 Å². The Bertz CT molecular complexity index is 446. The molecule has 0 aromatic heterocycles. The van der Waals surface area contributed by atoms with Crippen LogP contribution >= 0.6 is 15.9 Å². The van der Waals surface area contributed by atoms with E-state index in [1.807, 2.05) is 0 Å². The average Bonchev–Trinajstić information content (AvgIpc) is 2.17. The molecule has 100 valence electrons. The highest BCUT2D eigenvalue weighted by molar-refractivity contribution is 9.10. The predicted molar refractivity (Wildman–Crippen MR) is 66.3 cm³/mol. The van der Waals surface area contributed by atoms with E-state index in [-0.39, 0.29) is 22.6 Å². The van der Waals surface area contributed by atoms with Crippen LogP contribution in [0.25, 0.3) is 0 Å². The number of amides is 1. The quantitative estimate of drug-likeness (QED) is 0.927. The zero-order chi connectivity index (χ0) is 13.9. The molecule has 1 aromatic carbocycles. The minimum atomic E-state index is -4.46. The van der Waals surface area contributed by atoms with Crippen LogP contribution in [0.4, 0.5) is 18.9 Å². The lowest BCUT2D eigenvalue weighted by atomic mass is 10.2. The first-order chi connectivity index (χ1) is 8.20. The summed E-state index contributed by atoms with van der Waals surface area (Å²) in [5.74, 6) is -0.365. The molecule has 3 nitrogen and oxygen atoms in total. The Morgan fingerprint density at radius 1 is 1.39 bits per heavy atom. The monoisotopic (exact) mass is 324 g/mol. The molecule has 18 heavy (non-hydrogen) atoms. The van der Waals surface area contributed by atoms with Crippen LogP contribution in [0.2, 0.25) is 0 Å². The Morgan fingerprint density at radius 3 is 2.50 bits per heavy atom. The van der Waals surface area contributed by atoms with E-state index in [9.17, 15) is 18.0 Å². The van der Waals surface area contributed by atoms with E-state index in [4.69, 9.17) is 0 Å². The fourth-order valence-electron chi connectivity index (χ4n) is 1.31. The van der Waals surface area contributed by atoms with Crippen molar-refractivity contribution in [2.24, 2.45) is 0 Å². The number of carbonyl (C=O) groups is 1. The van der Waals surface area contributed by atoms with Crippen molar-refractivity contribution in [2.45, 2.75) is 6.18 Å². The Hall–Kier alpha value is -1.08. The summed E-state index contributed by atoms with van der Waals surface area (Å²) < 4.78 is 37.8.